The predicted octanol–water partition coefficient (Wildman–Crippen LogP) is 2.56. The number of hydrogen-bond donors (Lipinski definition) is 1. The van der Waals surface area contributed by atoms with Crippen molar-refractivity contribution in [3.05, 3.63) is 17.7 Å². The highest BCUT2D eigenvalue weighted by atomic mass is 35.5. The Labute approximate surface area is 114 Å². The van der Waals surface area contributed by atoms with Crippen LogP contribution in [-0.4, -0.2) is 27.9 Å². The van der Waals surface area contributed by atoms with Crippen LogP contribution in [0.2, 0.25) is 0 Å². The molecule has 102 valence electrons. The first-order valence-electron chi connectivity index (χ1n) is 5.83. The fourth-order valence-corrected chi connectivity index (χ4v) is 2.31. The van der Waals surface area contributed by atoms with Crippen LogP contribution in [0.5, 0.6) is 17.2 Å². The molecule has 0 aromatic heterocycles. The lowest BCUT2D eigenvalue weighted by Crippen LogP contribution is -2.15. The maximum atomic E-state index is 5.44. The summed E-state index contributed by atoms with van der Waals surface area (Å²) in [4.78, 5) is 0. The van der Waals surface area contributed by atoms with Gasteiger partial charge in [0.05, 0.1) is 26.9 Å². The Morgan fingerprint density at radius 1 is 1.06 bits per heavy atom. The summed E-state index contributed by atoms with van der Waals surface area (Å²) in [5, 5.41) is 3.46. The highest BCUT2D eigenvalue weighted by Crippen LogP contribution is 2.40. The third-order valence-corrected chi connectivity index (χ3v) is 3.16. The van der Waals surface area contributed by atoms with E-state index >= 15 is 0 Å². The molecule has 0 amide bonds. The molecule has 1 aromatic rings. The lowest BCUT2D eigenvalue weighted by molar-refractivity contribution is 0.361. The Bertz CT molecular complexity index is 367. The van der Waals surface area contributed by atoms with Gasteiger partial charge in [0.25, 0.3) is 0 Å². The Morgan fingerprint density at radius 2 is 1.67 bits per heavy atom. The van der Waals surface area contributed by atoms with Crippen LogP contribution in [0.1, 0.15) is 24.4 Å². The summed E-state index contributed by atoms with van der Waals surface area (Å²) in [7, 11) is 4.99. The van der Waals surface area contributed by atoms with E-state index in [1.165, 1.54) is 6.42 Å². The van der Waals surface area contributed by atoms with Gasteiger partial charge in [0.15, 0.2) is 0 Å². The number of hydrogen-bond acceptors (Lipinski definition) is 4. The van der Waals surface area contributed by atoms with E-state index < -0.39 is 0 Å². The average Bonchev–Trinajstić information content (AvgIpc) is 2.90. The molecule has 1 aliphatic heterocycles. The first-order valence-corrected chi connectivity index (χ1v) is 5.83. The van der Waals surface area contributed by atoms with Gasteiger partial charge in [0, 0.05) is 18.2 Å². The Kier molecular flexibility index (Phi) is 5.56. The van der Waals surface area contributed by atoms with Crippen LogP contribution in [0.25, 0.3) is 0 Å². The first-order chi connectivity index (χ1) is 8.30. The quantitative estimate of drug-likeness (QED) is 0.915. The number of halogens is 1. The van der Waals surface area contributed by atoms with Gasteiger partial charge in [-0.15, -0.1) is 12.4 Å². The largest absolute Gasteiger partial charge is 0.496 e. The summed E-state index contributed by atoms with van der Waals surface area (Å²) in [5.74, 6) is 2.39. The summed E-state index contributed by atoms with van der Waals surface area (Å²) in [6, 6.07) is 4.11. The minimum atomic E-state index is 0. The number of nitrogens with one attached hydrogen (secondary N) is 1. The SMILES string of the molecule is COc1cc(OC)c([C@@H]2CCCN2)c(OC)c1.Cl. The molecule has 1 aliphatic rings. The van der Waals surface area contributed by atoms with E-state index in [2.05, 4.69) is 5.32 Å². The molecule has 18 heavy (non-hydrogen) atoms. The molecule has 1 aromatic carbocycles. The van der Waals surface area contributed by atoms with Crippen molar-refractivity contribution in [2.45, 2.75) is 18.9 Å². The first kappa shape index (κ1) is 14.9. The van der Waals surface area contributed by atoms with Crippen molar-refractivity contribution < 1.29 is 14.2 Å². The maximum absolute atomic E-state index is 5.44. The fourth-order valence-electron chi connectivity index (χ4n) is 2.31. The molecular formula is C13H20ClNO3. The molecule has 0 unspecified atom stereocenters. The molecule has 5 heteroatoms. The molecule has 0 radical (unpaired) electrons. The summed E-state index contributed by atoms with van der Waals surface area (Å²) >= 11 is 0. The maximum Gasteiger partial charge on any atom is 0.131 e. The van der Waals surface area contributed by atoms with E-state index in [0.29, 0.717) is 6.04 Å². The fraction of sp³-hybridized carbons (Fsp3) is 0.538. The van der Waals surface area contributed by atoms with Crippen LogP contribution < -0.4 is 19.5 Å². The molecule has 0 saturated carbocycles. The van der Waals surface area contributed by atoms with Crippen molar-refractivity contribution in [2.75, 3.05) is 27.9 Å². The molecule has 0 aliphatic carbocycles. The molecule has 2 rings (SSSR count). The van der Waals surface area contributed by atoms with Crippen molar-refractivity contribution in [3.8, 4) is 17.2 Å². The van der Waals surface area contributed by atoms with Crippen molar-refractivity contribution in [1.82, 2.24) is 5.32 Å². The van der Waals surface area contributed by atoms with Crippen molar-refractivity contribution in [2.24, 2.45) is 0 Å². The number of benzene rings is 1. The number of methoxy groups -OCH3 is 3. The van der Waals surface area contributed by atoms with E-state index in [1.807, 2.05) is 12.1 Å². The second kappa shape index (κ2) is 6.71. The summed E-state index contributed by atoms with van der Waals surface area (Å²) < 4.78 is 16.1. The molecule has 0 bridgehead atoms. The standard InChI is InChI=1S/C13H19NO3.ClH/c1-15-9-7-11(16-2)13(12(8-9)17-3)10-5-4-6-14-10;/h7-8,10,14H,4-6H2,1-3H3;1H/t10-;/m0./s1. The molecule has 1 heterocycles. The monoisotopic (exact) mass is 273 g/mol. The van der Waals surface area contributed by atoms with Gasteiger partial charge in [0.1, 0.15) is 17.2 Å². The zero-order chi connectivity index (χ0) is 12.3. The molecule has 1 fully saturated rings. The van der Waals surface area contributed by atoms with Gasteiger partial charge >= 0.3 is 0 Å². The topological polar surface area (TPSA) is 39.7 Å². The molecule has 4 nitrogen and oxygen atoms in total. The van der Waals surface area contributed by atoms with Crippen LogP contribution in [-0.2, 0) is 0 Å². The van der Waals surface area contributed by atoms with Gasteiger partial charge < -0.3 is 19.5 Å². The van der Waals surface area contributed by atoms with E-state index in [-0.39, 0.29) is 12.4 Å². The van der Waals surface area contributed by atoms with E-state index in [4.69, 9.17) is 14.2 Å². The molecule has 1 N–H and O–H groups in total. The van der Waals surface area contributed by atoms with Gasteiger partial charge in [-0.3, -0.25) is 0 Å². The van der Waals surface area contributed by atoms with Gasteiger partial charge in [0.2, 0.25) is 0 Å². The zero-order valence-electron chi connectivity index (χ0n) is 11.0. The summed E-state index contributed by atoms with van der Waals surface area (Å²) in [6.07, 6.45) is 2.29. The van der Waals surface area contributed by atoms with Crippen molar-refractivity contribution >= 4 is 12.4 Å². The lowest BCUT2D eigenvalue weighted by Gasteiger charge is -2.19. The van der Waals surface area contributed by atoms with Gasteiger partial charge in [-0.25, -0.2) is 0 Å². The summed E-state index contributed by atoms with van der Waals surface area (Å²) in [5.41, 5.74) is 1.09. The van der Waals surface area contributed by atoms with Crippen LogP contribution in [0.3, 0.4) is 0 Å². The van der Waals surface area contributed by atoms with Crippen LogP contribution in [0.4, 0.5) is 0 Å². The summed E-state index contributed by atoms with van der Waals surface area (Å²) in [6.45, 7) is 1.04. The Hall–Kier alpha value is -1.13. The Balaban J connectivity index is 0.00000162. The number of ether oxygens (including phenoxy) is 3. The third kappa shape index (κ3) is 2.82. The second-order valence-corrected chi connectivity index (χ2v) is 4.09. The molecule has 0 spiro atoms. The highest BCUT2D eigenvalue weighted by Gasteiger charge is 2.24. The van der Waals surface area contributed by atoms with E-state index in [9.17, 15) is 0 Å². The minimum absolute atomic E-state index is 0. The smallest absolute Gasteiger partial charge is 0.131 e. The minimum Gasteiger partial charge on any atom is -0.496 e. The Morgan fingerprint density at radius 3 is 2.06 bits per heavy atom. The average molecular weight is 274 g/mol. The third-order valence-electron chi connectivity index (χ3n) is 3.16. The molecular weight excluding hydrogens is 254 g/mol. The highest BCUT2D eigenvalue weighted by molar-refractivity contribution is 5.85. The number of rotatable bonds is 4. The van der Waals surface area contributed by atoms with E-state index in [0.717, 1.165) is 35.8 Å². The lowest BCUT2D eigenvalue weighted by atomic mass is 10.0. The van der Waals surface area contributed by atoms with Gasteiger partial charge in [-0.1, -0.05) is 0 Å². The molecule has 1 saturated heterocycles. The van der Waals surface area contributed by atoms with Crippen molar-refractivity contribution in [3.63, 3.8) is 0 Å². The van der Waals surface area contributed by atoms with Crippen LogP contribution >= 0.6 is 12.4 Å². The van der Waals surface area contributed by atoms with Crippen molar-refractivity contribution in [1.29, 1.82) is 0 Å². The van der Waals surface area contributed by atoms with Gasteiger partial charge in [-0.2, -0.15) is 0 Å². The van der Waals surface area contributed by atoms with Crippen LogP contribution in [0, 0.1) is 0 Å². The molecule has 1 atom stereocenters. The van der Waals surface area contributed by atoms with Gasteiger partial charge in [-0.05, 0) is 19.4 Å². The van der Waals surface area contributed by atoms with Crippen LogP contribution in [0.15, 0.2) is 12.1 Å². The van der Waals surface area contributed by atoms with E-state index in [1.54, 1.807) is 21.3 Å². The second-order valence-electron chi connectivity index (χ2n) is 4.09. The zero-order valence-corrected chi connectivity index (χ0v) is 11.8. The normalized spacial score (nSPS) is 18.1. The predicted molar refractivity (Wildman–Crippen MR) is 73.3 cm³/mol.